The summed E-state index contributed by atoms with van der Waals surface area (Å²) in [6, 6.07) is 10.7. The van der Waals surface area contributed by atoms with Gasteiger partial charge in [-0.3, -0.25) is 4.98 Å². The van der Waals surface area contributed by atoms with E-state index in [4.69, 9.17) is 14.2 Å². The number of methoxy groups -OCH3 is 1. The zero-order valence-corrected chi connectivity index (χ0v) is 17.7. The van der Waals surface area contributed by atoms with Crippen LogP contribution in [0.25, 0.3) is 0 Å². The summed E-state index contributed by atoms with van der Waals surface area (Å²) >= 11 is 0. The summed E-state index contributed by atoms with van der Waals surface area (Å²) in [5.41, 5.74) is 0.662. The Bertz CT molecular complexity index is 820. The van der Waals surface area contributed by atoms with Gasteiger partial charge < -0.3 is 24.3 Å². The number of carbonyl (C=O) groups excluding carboxylic acids is 2. The molecule has 0 spiro atoms. The Hall–Kier alpha value is -3.13. The Labute approximate surface area is 176 Å². The quantitative estimate of drug-likeness (QED) is 0.626. The second-order valence-electron chi connectivity index (χ2n) is 7.56. The summed E-state index contributed by atoms with van der Waals surface area (Å²) in [6.45, 7) is 6.06. The highest BCUT2D eigenvalue weighted by Crippen LogP contribution is 2.13. The van der Waals surface area contributed by atoms with E-state index in [0.29, 0.717) is 12.4 Å². The maximum Gasteiger partial charge on any atom is 0.408 e. The first-order chi connectivity index (χ1) is 14.3. The van der Waals surface area contributed by atoms with Crippen LogP contribution in [0.4, 0.5) is 4.79 Å². The third-order valence-corrected chi connectivity index (χ3v) is 3.74. The van der Waals surface area contributed by atoms with E-state index in [2.05, 4.69) is 15.0 Å². The molecule has 0 fully saturated rings. The van der Waals surface area contributed by atoms with E-state index < -0.39 is 23.7 Å². The average Bonchev–Trinajstić information content (AvgIpc) is 2.71. The van der Waals surface area contributed by atoms with E-state index in [-0.39, 0.29) is 18.8 Å². The van der Waals surface area contributed by atoms with Gasteiger partial charge in [0.25, 0.3) is 0 Å². The fraction of sp³-hybridized carbons (Fsp3) is 0.409. The smallest absolute Gasteiger partial charge is 0.408 e. The third kappa shape index (κ3) is 8.48. The number of nitrogens with zero attached hydrogens (tertiary/aromatic N) is 1. The van der Waals surface area contributed by atoms with Gasteiger partial charge in [0.15, 0.2) is 0 Å². The lowest BCUT2D eigenvalue weighted by Crippen LogP contribution is -2.44. The zero-order chi connectivity index (χ0) is 22.0. The van der Waals surface area contributed by atoms with Crippen LogP contribution in [0.5, 0.6) is 5.75 Å². The van der Waals surface area contributed by atoms with Crippen LogP contribution >= 0.6 is 0 Å². The van der Waals surface area contributed by atoms with Crippen molar-refractivity contribution in [3.63, 3.8) is 0 Å². The summed E-state index contributed by atoms with van der Waals surface area (Å²) in [6.07, 6.45) is 2.29. The molecule has 0 saturated carbocycles. The molecule has 1 N–H and O–H groups in total. The molecule has 0 radical (unpaired) electrons. The molecule has 8 nitrogen and oxygen atoms in total. The van der Waals surface area contributed by atoms with Crippen molar-refractivity contribution in [2.45, 2.75) is 39.0 Å². The summed E-state index contributed by atoms with van der Waals surface area (Å²) < 4.78 is 21.5. The van der Waals surface area contributed by atoms with Crippen LogP contribution in [0.1, 0.15) is 36.7 Å². The number of esters is 1. The summed E-state index contributed by atoms with van der Waals surface area (Å²) in [5, 5.41) is 2.76. The van der Waals surface area contributed by atoms with Gasteiger partial charge >= 0.3 is 12.1 Å². The van der Waals surface area contributed by atoms with Gasteiger partial charge in [-0.1, -0.05) is 30.3 Å². The van der Waals surface area contributed by atoms with Crippen LogP contribution in [0, 0.1) is 0 Å². The zero-order valence-electron chi connectivity index (χ0n) is 17.7. The number of carbonyl (C=O) groups is 2. The molecule has 0 aliphatic carbocycles. The largest absolute Gasteiger partial charge is 0.490 e. The summed E-state index contributed by atoms with van der Waals surface area (Å²) in [7, 11) is 1.29. The van der Waals surface area contributed by atoms with Crippen molar-refractivity contribution < 1.29 is 28.5 Å². The van der Waals surface area contributed by atoms with Crippen LogP contribution in [0.15, 0.2) is 48.8 Å². The lowest BCUT2D eigenvalue weighted by atomic mass is 10.2. The molecule has 0 aliphatic heterocycles. The maximum atomic E-state index is 12.2. The third-order valence-electron chi connectivity index (χ3n) is 3.74. The van der Waals surface area contributed by atoms with Gasteiger partial charge in [-0.05, 0) is 32.4 Å². The number of alkyl carbamates (subject to hydrolysis) is 1. The van der Waals surface area contributed by atoms with Crippen molar-refractivity contribution in [2.24, 2.45) is 0 Å². The Morgan fingerprint density at radius 1 is 1.10 bits per heavy atom. The van der Waals surface area contributed by atoms with E-state index >= 15 is 0 Å². The van der Waals surface area contributed by atoms with Crippen molar-refractivity contribution >= 4 is 12.1 Å². The number of hydrogen-bond donors (Lipinski definition) is 1. The molecule has 2 rings (SSSR count). The molecule has 1 aromatic carbocycles. The number of rotatable bonds is 9. The van der Waals surface area contributed by atoms with Crippen molar-refractivity contribution in [1.29, 1.82) is 0 Å². The van der Waals surface area contributed by atoms with Gasteiger partial charge in [0.05, 0.1) is 38.1 Å². The van der Waals surface area contributed by atoms with Crippen LogP contribution < -0.4 is 10.1 Å². The minimum atomic E-state index is -0.626. The Morgan fingerprint density at radius 3 is 2.50 bits per heavy atom. The predicted octanol–water partition coefficient (Wildman–Crippen LogP) is 3.36. The molecule has 30 heavy (non-hydrogen) atoms. The SMILES string of the molecule is COC(=O)c1cncc(OCC(COCc2ccccc2)NC(=O)OC(C)(C)C)c1. The van der Waals surface area contributed by atoms with Gasteiger partial charge in [-0.25, -0.2) is 9.59 Å². The van der Waals surface area contributed by atoms with Gasteiger partial charge in [0, 0.05) is 6.20 Å². The van der Waals surface area contributed by atoms with Gasteiger partial charge in [0.2, 0.25) is 0 Å². The Morgan fingerprint density at radius 2 is 1.83 bits per heavy atom. The molecular weight excluding hydrogens is 388 g/mol. The average molecular weight is 416 g/mol. The molecule has 162 valence electrons. The van der Waals surface area contributed by atoms with E-state index in [0.717, 1.165) is 5.56 Å². The van der Waals surface area contributed by atoms with E-state index in [1.807, 2.05) is 30.3 Å². The Kier molecular flexibility index (Phi) is 8.61. The molecule has 8 heteroatoms. The Balaban J connectivity index is 1.97. The number of benzene rings is 1. The molecule has 0 saturated heterocycles. The lowest BCUT2D eigenvalue weighted by molar-refractivity contribution is 0.0381. The summed E-state index contributed by atoms with van der Waals surface area (Å²) in [4.78, 5) is 27.8. The molecule has 2 aromatic rings. The molecule has 1 amide bonds. The molecule has 1 unspecified atom stereocenters. The number of ether oxygens (including phenoxy) is 4. The highest BCUT2D eigenvalue weighted by atomic mass is 16.6. The molecule has 1 atom stereocenters. The van der Waals surface area contributed by atoms with Crippen molar-refractivity contribution in [1.82, 2.24) is 10.3 Å². The number of aromatic nitrogens is 1. The van der Waals surface area contributed by atoms with Crippen molar-refractivity contribution in [2.75, 3.05) is 20.3 Å². The second kappa shape index (κ2) is 11.2. The van der Waals surface area contributed by atoms with Crippen molar-refractivity contribution in [3.8, 4) is 5.75 Å². The normalized spacial score (nSPS) is 12.0. The topological polar surface area (TPSA) is 96.0 Å². The fourth-order valence-electron chi connectivity index (χ4n) is 2.42. The first-order valence-corrected chi connectivity index (χ1v) is 9.54. The van der Waals surface area contributed by atoms with Crippen molar-refractivity contribution in [3.05, 3.63) is 59.9 Å². The number of pyridine rings is 1. The highest BCUT2D eigenvalue weighted by molar-refractivity contribution is 5.89. The summed E-state index contributed by atoms with van der Waals surface area (Å²) in [5.74, 6) is -0.139. The number of hydrogen-bond acceptors (Lipinski definition) is 7. The van der Waals surface area contributed by atoms with Gasteiger partial charge in [0.1, 0.15) is 18.0 Å². The van der Waals surface area contributed by atoms with E-state index in [1.165, 1.54) is 25.6 Å². The van der Waals surface area contributed by atoms with Gasteiger partial charge in [-0.2, -0.15) is 0 Å². The standard InChI is InChI=1S/C22H28N2O6/c1-22(2,3)30-21(26)24-18(14-28-13-16-8-6-5-7-9-16)15-29-19-10-17(11-23-12-19)20(25)27-4/h5-12,18H,13-15H2,1-4H3,(H,24,26). The van der Waals surface area contributed by atoms with E-state index in [9.17, 15) is 9.59 Å². The fourth-order valence-corrected chi connectivity index (χ4v) is 2.42. The number of amides is 1. The first-order valence-electron chi connectivity index (χ1n) is 9.54. The molecule has 0 bridgehead atoms. The lowest BCUT2D eigenvalue weighted by Gasteiger charge is -2.24. The van der Waals surface area contributed by atoms with Crippen LogP contribution in [-0.2, 0) is 20.8 Å². The van der Waals surface area contributed by atoms with E-state index in [1.54, 1.807) is 20.8 Å². The minimum absolute atomic E-state index is 0.0976. The van der Waals surface area contributed by atoms with Crippen LogP contribution in [0.3, 0.4) is 0 Å². The first kappa shape index (κ1) is 23.2. The van der Waals surface area contributed by atoms with Crippen LogP contribution in [-0.4, -0.2) is 49.0 Å². The molecule has 1 aromatic heterocycles. The highest BCUT2D eigenvalue weighted by Gasteiger charge is 2.20. The van der Waals surface area contributed by atoms with Gasteiger partial charge in [-0.15, -0.1) is 0 Å². The second-order valence-corrected chi connectivity index (χ2v) is 7.56. The minimum Gasteiger partial charge on any atom is -0.490 e. The molecule has 1 heterocycles. The molecule has 0 aliphatic rings. The number of nitrogens with one attached hydrogen (secondary N) is 1. The maximum absolute atomic E-state index is 12.2. The monoisotopic (exact) mass is 416 g/mol. The predicted molar refractivity (Wildman–Crippen MR) is 110 cm³/mol. The molecular formula is C22H28N2O6. The van der Waals surface area contributed by atoms with Crippen LogP contribution in [0.2, 0.25) is 0 Å².